The molecule has 0 aromatic heterocycles. The lowest BCUT2D eigenvalue weighted by atomic mass is 10.1. The van der Waals surface area contributed by atoms with Crippen LogP contribution in [0.5, 0.6) is 0 Å². The molecule has 0 unspecified atom stereocenters. The van der Waals surface area contributed by atoms with Crippen molar-refractivity contribution < 1.29 is 0 Å². The Labute approximate surface area is 104 Å². The van der Waals surface area contributed by atoms with E-state index in [1.807, 2.05) is 11.8 Å². The molecule has 1 saturated carbocycles. The van der Waals surface area contributed by atoms with Gasteiger partial charge < -0.3 is 10.2 Å². The van der Waals surface area contributed by atoms with Gasteiger partial charge in [0.1, 0.15) is 11.4 Å². The van der Waals surface area contributed by atoms with E-state index in [-0.39, 0.29) is 10.9 Å². The van der Waals surface area contributed by atoms with E-state index >= 15 is 0 Å². The number of nitrogens with zero attached hydrogens (tertiary/aromatic N) is 1. The minimum absolute atomic E-state index is 0.296. The van der Waals surface area contributed by atoms with Gasteiger partial charge in [0.05, 0.1) is 0 Å². The molecule has 1 heterocycles. The van der Waals surface area contributed by atoms with Crippen LogP contribution in [0.4, 0.5) is 11.4 Å². The Morgan fingerprint density at radius 1 is 1.18 bits per heavy atom. The Balaban J connectivity index is 1.75. The van der Waals surface area contributed by atoms with Gasteiger partial charge in [-0.2, -0.15) is 11.8 Å². The highest BCUT2D eigenvalue weighted by atomic mass is 32.2. The molecule has 2 aliphatic rings. The molecule has 1 aromatic carbocycles. The van der Waals surface area contributed by atoms with E-state index in [2.05, 4.69) is 10.2 Å². The summed E-state index contributed by atoms with van der Waals surface area (Å²) in [5.74, 6) is 2.80. The van der Waals surface area contributed by atoms with E-state index in [9.17, 15) is 9.59 Å². The maximum atomic E-state index is 11.6. The molecule has 1 N–H and O–H groups in total. The summed E-state index contributed by atoms with van der Waals surface area (Å²) >= 11 is 1.90. The predicted molar refractivity (Wildman–Crippen MR) is 72.1 cm³/mol. The number of anilines is 2. The summed E-state index contributed by atoms with van der Waals surface area (Å²) in [5, 5.41) is 3.17. The molecule has 1 aliphatic carbocycles. The molecular formula is C12H16N2O2S. The summed E-state index contributed by atoms with van der Waals surface area (Å²) in [6.45, 7) is 2.61. The highest BCUT2D eigenvalue weighted by Gasteiger charge is 2.28. The Bertz CT molecular complexity index is 483. The van der Waals surface area contributed by atoms with Crippen molar-refractivity contribution in [2.45, 2.75) is 12.8 Å². The first-order valence-corrected chi connectivity index (χ1v) is 7.32. The quantitative estimate of drug-likeness (QED) is 0.798. The predicted octanol–water partition coefficient (Wildman–Crippen LogP) is 0.658. The molecule has 4 nitrogen and oxygen atoms in total. The number of nitrogens with one attached hydrogen (secondary N) is 1. The molecule has 0 amide bonds. The van der Waals surface area contributed by atoms with Crippen molar-refractivity contribution in [3.63, 3.8) is 0 Å². The third-order valence-corrected chi connectivity index (χ3v) is 4.42. The van der Waals surface area contributed by atoms with Gasteiger partial charge in [0.15, 0.2) is 0 Å². The minimum atomic E-state index is -0.320. The minimum Gasteiger partial charge on any atom is -0.380 e. The normalized spacial score (nSPS) is 20.8. The molecule has 0 radical (unpaired) electrons. The van der Waals surface area contributed by atoms with Gasteiger partial charge in [-0.25, -0.2) is 0 Å². The zero-order valence-electron chi connectivity index (χ0n) is 9.70. The van der Waals surface area contributed by atoms with Crippen LogP contribution < -0.4 is 21.1 Å². The summed E-state index contributed by atoms with van der Waals surface area (Å²) in [7, 11) is 0. The first-order chi connectivity index (χ1) is 8.27. The van der Waals surface area contributed by atoms with Crippen LogP contribution in [0.15, 0.2) is 9.59 Å². The molecule has 17 heavy (non-hydrogen) atoms. The van der Waals surface area contributed by atoms with Crippen LogP contribution in [-0.2, 0) is 0 Å². The number of rotatable bonds is 4. The maximum Gasteiger partial charge on any atom is 0.253 e. The van der Waals surface area contributed by atoms with E-state index in [0.717, 1.165) is 31.1 Å². The molecule has 0 atom stereocenters. The zero-order valence-corrected chi connectivity index (χ0v) is 10.5. The SMILES string of the molecule is O=c1c(NCC2CC2)c(N2CCSCC2)c1=O. The summed E-state index contributed by atoms with van der Waals surface area (Å²) in [6, 6.07) is 0. The van der Waals surface area contributed by atoms with Crippen LogP contribution in [0.1, 0.15) is 12.8 Å². The topological polar surface area (TPSA) is 49.4 Å². The third kappa shape index (κ3) is 2.08. The summed E-state index contributed by atoms with van der Waals surface area (Å²) in [5.41, 5.74) is 0.610. The fraction of sp³-hybridized carbons (Fsp3) is 0.667. The second kappa shape index (κ2) is 4.37. The fourth-order valence-corrected chi connectivity index (χ4v) is 3.10. The van der Waals surface area contributed by atoms with Gasteiger partial charge in [-0.05, 0) is 18.8 Å². The highest BCUT2D eigenvalue weighted by molar-refractivity contribution is 7.99. The maximum absolute atomic E-state index is 11.6. The van der Waals surface area contributed by atoms with Crippen molar-refractivity contribution in [2.75, 3.05) is 41.4 Å². The molecule has 1 aromatic rings. The molecule has 1 aliphatic heterocycles. The van der Waals surface area contributed by atoms with Gasteiger partial charge in [0, 0.05) is 31.1 Å². The summed E-state index contributed by atoms with van der Waals surface area (Å²) in [6.07, 6.45) is 2.50. The number of thioether (sulfide) groups is 1. The van der Waals surface area contributed by atoms with Gasteiger partial charge in [-0.15, -0.1) is 0 Å². The van der Waals surface area contributed by atoms with Crippen LogP contribution in [0.3, 0.4) is 0 Å². The molecule has 1 saturated heterocycles. The first-order valence-electron chi connectivity index (χ1n) is 6.17. The van der Waals surface area contributed by atoms with Crippen molar-refractivity contribution in [1.29, 1.82) is 0 Å². The van der Waals surface area contributed by atoms with Crippen molar-refractivity contribution in [1.82, 2.24) is 0 Å². The largest absolute Gasteiger partial charge is 0.380 e. The Hall–Kier alpha value is -0.970. The van der Waals surface area contributed by atoms with E-state index in [0.29, 0.717) is 17.3 Å². The molecule has 0 spiro atoms. The molecular weight excluding hydrogens is 236 g/mol. The second-order valence-corrected chi connectivity index (χ2v) is 6.03. The van der Waals surface area contributed by atoms with Crippen LogP contribution in [-0.4, -0.2) is 31.1 Å². The summed E-state index contributed by atoms with van der Waals surface area (Å²) < 4.78 is 0. The Kier molecular flexibility index (Phi) is 2.86. The zero-order chi connectivity index (χ0) is 11.8. The van der Waals surface area contributed by atoms with Gasteiger partial charge in [-0.1, -0.05) is 0 Å². The van der Waals surface area contributed by atoms with Crippen LogP contribution in [0.2, 0.25) is 0 Å². The van der Waals surface area contributed by atoms with Gasteiger partial charge in [0.2, 0.25) is 0 Å². The Morgan fingerprint density at radius 2 is 1.88 bits per heavy atom. The van der Waals surface area contributed by atoms with Crippen molar-refractivity contribution in [3.8, 4) is 0 Å². The van der Waals surface area contributed by atoms with Crippen LogP contribution in [0, 0.1) is 5.92 Å². The smallest absolute Gasteiger partial charge is 0.253 e. The molecule has 0 bridgehead atoms. The van der Waals surface area contributed by atoms with Crippen molar-refractivity contribution in [3.05, 3.63) is 20.4 Å². The van der Waals surface area contributed by atoms with E-state index in [1.54, 1.807) is 0 Å². The first kappa shape index (κ1) is 11.1. The highest BCUT2D eigenvalue weighted by Crippen LogP contribution is 2.30. The molecule has 5 heteroatoms. The van der Waals surface area contributed by atoms with Crippen molar-refractivity contribution in [2.24, 2.45) is 5.92 Å². The second-order valence-electron chi connectivity index (χ2n) is 4.81. The molecule has 2 fully saturated rings. The van der Waals surface area contributed by atoms with Gasteiger partial charge in [-0.3, -0.25) is 9.59 Å². The standard InChI is InChI=1S/C12H16N2O2S/c15-11-9(13-7-8-1-2-8)10(12(11)16)14-3-5-17-6-4-14/h8,13H,1-7H2. The Morgan fingerprint density at radius 3 is 2.53 bits per heavy atom. The van der Waals surface area contributed by atoms with Gasteiger partial charge in [0.25, 0.3) is 10.9 Å². The average Bonchev–Trinajstić information content (AvgIpc) is 3.18. The number of hydrogen-bond acceptors (Lipinski definition) is 5. The lowest BCUT2D eigenvalue weighted by molar-refractivity contribution is 0.838. The monoisotopic (exact) mass is 252 g/mol. The third-order valence-electron chi connectivity index (χ3n) is 3.48. The number of hydrogen-bond donors (Lipinski definition) is 1. The lowest BCUT2D eigenvalue weighted by Gasteiger charge is -2.30. The van der Waals surface area contributed by atoms with Gasteiger partial charge >= 0.3 is 0 Å². The van der Waals surface area contributed by atoms with E-state index < -0.39 is 0 Å². The van der Waals surface area contributed by atoms with Crippen LogP contribution in [0.25, 0.3) is 0 Å². The fourth-order valence-electron chi connectivity index (χ4n) is 2.20. The lowest BCUT2D eigenvalue weighted by Crippen LogP contribution is -2.45. The van der Waals surface area contributed by atoms with E-state index in [4.69, 9.17) is 0 Å². The van der Waals surface area contributed by atoms with E-state index in [1.165, 1.54) is 12.8 Å². The van der Waals surface area contributed by atoms with Crippen LogP contribution >= 0.6 is 11.8 Å². The summed E-state index contributed by atoms with van der Waals surface area (Å²) in [4.78, 5) is 25.2. The molecule has 3 rings (SSSR count). The average molecular weight is 252 g/mol. The van der Waals surface area contributed by atoms with Crippen molar-refractivity contribution >= 4 is 23.1 Å². The molecule has 92 valence electrons.